The molecule has 0 saturated heterocycles. The third-order valence-corrected chi connectivity index (χ3v) is 2.65. The summed E-state index contributed by atoms with van der Waals surface area (Å²) >= 11 is 6.01. The van der Waals surface area contributed by atoms with E-state index < -0.39 is 5.97 Å². The number of unbranched alkanes of at least 4 members (excludes halogenated alkanes) is 2. The highest BCUT2D eigenvalue weighted by Gasteiger charge is 2.05. The van der Waals surface area contributed by atoms with Gasteiger partial charge in [0.25, 0.3) is 0 Å². The van der Waals surface area contributed by atoms with Gasteiger partial charge in [-0.15, -0.1) is 0 Å². The van der Waals surface area contributed by atoms with Crippen molar-refractivity contribution in [3.8, 4) is 5.75 Å². The summed E-state index contributed by atoms with van der Waals surface area (Å²) in [6.07, 6.45) is 3.27. The monoisotopic (exact) mass is 256 g/mol. The predicted octanol–water partition coefficient (Wildman–Crippen LogP) is 3.54. The molecule has 0 bridgehead atoms. The Morgan fingerprint density at radius 2 is 2.18 bits per heavy atom. The number of carbonyl (C=O) groups is 1. The van der Waals surface area contributed by atoms with Crippen molar-refractivity contribution in [3.63, 3.8) is 0 Å². The van der Waals surface area contributed by atoms with Crippen LogP contribution in [0.4, 0.5) is 0 Å². The molecule has 0 aromatic heterocycles. The minimum Gasteiger partial charge on any atom is -0.492 e. The van der Waals surface area contributed by atoms with Crippen molar-refractivity contribution in [2.24, 2.45) is 0 Å². The number of aliphatic carboxylic acids is 1. The van der Waals surface area contributed by atoms with Gasteiger partial charge in [0.05, 0.1) is 18.1 Å². The summed E-state index contributed by atoms with van der Waals surface area (Å²) in [5.41, 5.74) is 0.684. The highest BCUT2D eigenvalue weighted by molar-refractivity contribution is 6.32. The molecule has 0 spiro atoms. The average molecular weight is 257 g/mol. The van der Waals surface area contributed by atoms with E-state index in [0.717, 1.165) is 19.3 Å². The SMILES string of the molecule is CCCCCOc1ccc(CC(=O)O)cc1Cl. The molecule has 0 atom stereocenters. The smallest absolute Gasteiger partial charge is 0.307 e. The van der Waals surface area contributed by atoms with Crippen LogP contribution in [0.3, 0.4) is 0 Å². The molecular weight excluding hydrogens is 240 g/mol. The first-order valence-corrected chi connectivity index (χ1v) is 6.14. The molecule has 94 valence electrons. The Hall–Kier alpha value is -1.22. The zero-order valence-electron chi connectivity index (χ0n) is 9.91. The molecule has 3 nitrogen and oxygen atoms in total. The van der Waals surface area contributed by atoms with Gasteiger partial charge in [-0.1, -0.05) is 37.4 Å². The van der Waals surface area contributed by atoms with Crippen molar-refractivity contribution >= 4 is 17.6 Å². The molecule has 0 aliphatic carbocycles. The Bertz CT molecular complexity index is 377. The molecule has 0 amide bonds. The summed E-state index contributed by atoms with van der Waals surface area (Å²) in [4.78, 5) is 10.5. The van der Waals surface area contributed by atoms with Crippen molar-refractivity contribution in [2.75, 3.05) is 6.61 Å². The van der Waals surface area contributed by atoms with Crippen LogP contribution in [0, 0.1) is 0 Å². The second-order valence-electron chi connectivity index (χ2n) is 3.89. The summed E-state index contributed by atoms with van der Waals surface area (Å²) < 4.78 is 5.52. The molecule has 17 heavy (non-hydrogen) atoms. The van der Waals surface area contributed by atoms with E-state index in [1.54, 1.807) is 18.2 Å². The number of benzene rings is 1. The largest absolute Gasteiger partial charge is 0.492 e. The first-order chi connectivity index (χ1) is 8.13. The normalized spacial score (nSPS) is 10.2. The van der Waals surface area contributed by atoms with Crippen LogP contribution in [0.2, 0.25) is 5.02 Å². The molecule has 0 radical (unpaired) electrons. The molecule has 1 rings (SSSR count). The third-order valence-electron chi connectivity index (χ3n) is 2.36. The highest BCUT2D eigenvalue weighted by atomic mass is 35.5. The van der Waals surface area contributed by atoms with E-state index in [-0.39, 0.29) is 6.42 Å². The van der Waals surface area contributed by atoms with Gasteiger partial charge in [0.1, 0.15) is 5.75 Å². The summed E-state index contributed by atoms with van der Waals surface area (Å²) in [6, 6.07) is 5.10. The Labute approximate surface area is 106 Å². The van der Waals surface area contributed by atoms with E-state index >= 15 is 0 Å². The zero-order chi connectivity index (χ0) is 12.7. The van der Waals surface area contributed by atoms with Crippen LogP contribution in [-0.4, -0.2) is 17.7 Å². The molecule has 0 heterocycles. The van der Waals surface area contributed by atoms with E-state index in [4.69, 9.17) is 21.4 Å². The molecule has 0 aliphatic heterocycles. The topological polar surface area (TPSA) is 46.5 Å². The van der Waals surface area contributed by atoms with Gasteiger partial charge in [0.15, 0.2) is 0 Å². The summed E-state index contributed by atoms with van der Waals surface area (Å²) in [7, 11) is 0. The van der Waals surface area contributed by atoms with Crippen molar-refractivity contribution in [1.82, 2.24) is 0 Å². The molecule has 1 aromatic rings. The van der Waals surface area contributed by atoms with Crippen LogP contribution in [0.25, 0.3) is 0 Å². The van der Waals surface area contributed by atoms with Gasteiger partial charge in [-0.2, -0.15) is 0 Å². The molecule has 1 N–H and O–H groups in total. The minimum atomic E-state index is -0.863. The molecule has 0 unspecified atom stereocenters. The summed E-state index contributed by atoms with van der Waals surface area (Å²) in [6.45, 7) is 2.78. The van der Waals surface area contributed by atoms with Crippen LogP contribution in [0.1, 0.15) is 31.7 Å². The van der Waals surface area contributed by atoms with E-state index in [1.807, 2.05) is 0 Å². The van der Waals surface area contributed by atoms with Crippen LogP contribution in [0.5, 0.6) is 5.75 Å². The van der Waals surface area contributed by atoms with Crippen molar-refractivity contribution < 1.29 is 14.6 Å². The lowest BCUT2D eigenvalue weighted by atomic mass is 10.1. The fraction of sp³-hybridized carbons (Fsp3) is 0.462. The first kappa shape index (κ1) is 13.8. The number of hydrogen-bond acceptors (Lipinski definition) is 2. The number of carboxylic acids is 1. The van der Waals surface area contributed by atoms with E-state index in [1.165, 1.54) is 0 Å². The Morgan fingerprint density at radius 3 is 2.76 bits per heavy atom. The first-order valence-electron chi connectivity index (χ1n) is 5.76. The van der Waals surface area contributed by atoms with Crippen LogP contribution in [0.15, 0.2) is 18.2 Å². The molecular formula is C13H17ClO3. The standard InChI is InChI=1S/C13H17ClO3/c1-2-3-4-7-17-12-6-5-10(8-11(12)14)9-13(15)16/h5-6,8H,2-4,7,9H2,1H3,(H,15,16). The van der Waals surface area contributed by atoms with Gasteiger partial charge in [-0.3, -0.25) is 4.79 Å². The number of ether oxygens (including phenoxy) is 1. The molecule has 4 heteroatoms. The number of rotatable bonds is 7. The van der Waals surface area contributed by atoms with E-state index in [0.29, 0.717) is 22.9 Å². The van der Waals surface area contributed by atoms with Gasteiger partial charge in [0.2, 0.25) is 0 Å². The minimum absolute atomic E-state index is 0.0180. The van der Waals surface area contributed by atoms with Gasteiger partial charge in [0, 0.05) is 0 Å². The number of carboxylic acid groups (broad SMARTS) is 1. The van der Waals surface area contributed by atoms with Crippen LogP contribution >= 0.6 is 11.6 Å². The van der Waals surface area contributed by atoms with Crippen molar-refractivity contribution in [2.45, 2.75) is 32.6 Å². The second kappa shape index (κ2) is 7.17. The maximum absolute atomic E-state index is 10.5. The van der Waals surface area contributed by atoms with Gasteiger partial charge < -0.3 is 9.84 Å². The maximum Gasteiger partial charge on any atom is 0.307 e. The Balaban J connectivity index is 2.54. The predicted molar refractivity (Wildman–Crippen MR) is 67.8 cm³/mol. The quantitative estimate of drug-likeness (QED) is 0.759. The molecule has 0 fully saturated rings. The fourth-order valence-corrected chi connectivity index (χ4v) is 1.74. The zero-order valence-corrected chi connectivity index (χ0v) is 10.7. The van der Waals surface area contributed by atoms with E-state index in [2.05, 4.69) is 6.92 Å². The molecule has 0 saturated carbocycles. The van der Waals surface area contributed by atoms with Gasteiger partial charge >= 0.3 is 5.97 Å². The van der Waals surface area contributed by atoms with Gasteiger partial charge in [-0.05, 0) is 24.1 Å². The molecule has 0 aliphatic rings. The second-order valence-corrected chi connectivity index (χ2v) is 4.30. The third kappa shape index (κ3) is 5.09. The highest BCUT2D eigenvalue weighted by Crippen LogP contribution is 2.25. The lowest BCUT2D eigenvalue weighted by Crippen LogP contribution is -2.01. The summed E-state index contributed by atoms with van der Waals surface area (Å²) in [5.74, 6) is -0.241. The fourth-order valence-electron chi connectivity index (χ4n) is 1.48. The Kier molecular flexibility index (Phi) is 5.84. The molecule has 1 aromatic carbocycles. The lowest BCUT2D eigenvalue weighted by Gasteiger charge is -2.08. The number of halogens is 1. The lowest BCUT2D eigenvalue weighted by molar-refractivity contribution is -0.136. The Morgan fingerprint density at radius 1 is 1.41 bits per heavy atom. The van der Waals surface area contributed by atoms with Gasteiger partial charge in [-0.25, -0.2) is 0 Å². The maximum atomic E-state index is 10.5. The number of hydrogen-bond donors (Lipinski definition) is 1. The van der Waals surface area contributed by atoms with Crippen molar-refractivity contribution in [1.29, 1.82) is 0 Å². The average Bonchev–Trinajstić information content (AvgIpc) is 2.26. The van der Waals surface area contributed by atoms with Crippen LogP contribution in [-0.2, 0) is 11.2 Å². The van der Waals surface area contributed by atoms with Crippen molar-refractivity contribution in [3.05, 3.63) is 28.8 Å². The summed E-state index contributed by atoms with van der Waals surface area (Å²) in [5, 5.41) is 9.13. The van der Waals surface area contributed by atoms with Crippen LogP contribution < -0.4 is 4.74 Å². The van der Waals surface area contributed by atoms with E-state index in [9.17, 15) is 4.79 Å².